The van der Waals surface area contributed by atoms with Crippen molar-refractivity contribution in [3.63, 3.8) is 0 Å². The summed E-state index contributed by atoms with van der Waals surface area (Å²) in [5.41, 5.74) is 1.72. The molecule has 0 radical (unpaired) electrons. The van der Waals surface area contributed by atoms with Gasteiger partial charge in [0.1, 0.15) is 11.0 Å². The van der Waals surface area contributed by atoms with Gasteiger partial charge in [-0.1, -0.05) is 0 Å². The van der Waals surface area contributed by atoms with E-state index in [2.05, 4.69) is 0 Å². The number of rotatable bonds is 5. The smallest absolute Gasteiger partial charge is 0.159 e. The molecule has 2 N–H and O–H groups in total. The third-order valence-electron chi connectivity index (χ3n) is 4.16. The first-order valence-corrected chi connectivity index (χ1v) is 8.58. The molecule has 1 unspecified atom stereocenters. The van der Waals surface area contributed by atoms with E-state index in [0.29, 0.717) is 31.4 Å². The molecule has 2 aliphatic rings. The first kappa shape index (κ1) is 16.8. The number of aliphatic hydroxyl groups is 2. The van der Waals surface area contributed by atoms with Gasteiger partial charge in [-0.2, -0.15) is 0 Å². The lowest BCUT2D eigenvalue weighted by atomic mass is 9.96. The third-order valence-corrected chi connectivity index (χ3v) is 6.04. The number of Topliss-reactive ketones (excluding diaryl/α,β-unsaturated/α-hetero) is 1. The molecule has 21 heavy (non-hydrogen) atoms. The predicted octanol–water partition coefficient (Wildman–Crippen LogP) is 0.783. The number of carbonyl (C=O) groups excluding carboxylic acids is 1. The molecule has 0 aromatic rings. The van der Waals surface area contributed by atoms with Gasteiger partial charge in [-0.15, -0.1) is 0 Å². The highest BCUT2D eigenvalue weighted by Gasteiger charge is 2.47. The van der Waals surface area contributed by atoms with E-state index in [1.807, 2.05) is 25.1 Å². The summed E-state index contributed by atoms with van der Waals surface area (Å²) in [6, 6.07) is -0.145. The van der Waals surface area contributed by atoms with Crippen molar-refractivity contribution in [2.75, 3.05) is 19.8 Å². The average molecular weight is 315 g/mol. The van der Waals surface area contributed by atoms with E-state index < -0.39 is 11.0 Å². The first-order chi connectivity index (χ1) is 9.81. The number of nitrogens with zero attached hydrogens (tertiary/aromatic N) is 1. The van der Waals surface area contributed by atoms with Gasteiger partial charge in [-0.25, -0.2) is 8.51 Å². The quantitative estimate of drug-likeness (QED) is 0.786. The standard InChI is InChI=1S/C15H25NO4S/c1-15(2,3)21(20)16-9-10-8-13(19)11(4-6-17)14(10)12(16)5-7-18/h10,12,17-18H,4-9H2,1-3H3/t10-,12+,21?/m0/s1. The van der Waals surface area contributed by atoms with Gasteiger partial charge in [-0.05, 0) is 44.8 Å². The number of ketones is 1. The molecule has 1 aliphatic carbocycles. The van der Waals surface area contributed by atoms with Gasteiger partial charge >= 0.3 is 0 Å². The van der Waals surface area contributed by atoms with E-state index in [9.17, 15) is 19.2 Å². The highest BCUT2D eigenvalue weighted by atomic mass is 32.2. The zero-order valence-corrected chi connectivity index (χ0v) is 13.8. The van der Waals surface area contributed by atoms with Crippen molar-refractivity contribution in [1.29, 1.82) is 0 Å². The topological polar surface area (TPSA) is 77.8 Å². The fourth-order valence-electron chi connectivity index (χ4n) is 3.35. The fourth-order valence-corrected chi connectivity index (χ4v) is 4.82. The maximum absolute atomic E-state index is 12.7. The molecule has 6 heteroatoms. The molecule has 1 fully saturated rings. The second-order valence-electron chi connectivity index (χ2n) is 6.72. The molecular formula is C15H25NO4S. The molecule has 1 saturated heterocycles. The third kappa shape index (κ3) is 3.13. The second-order valence-corrected chi connectivity index (χ2v) is 8.91. The largest absolute Gasteiger partial charge is 0.396 e. The zero-order valence-electron chi connectivity index (χ0n) is 13.0. The zero-order chi connectivity index (χ0) is 15.8. The van der Waals surface area contributed by atoms with Crippen LogP contribution in [0.2, 0.25) is 0 Å². The number of fused-ring (bicyclic) bond motifs is 1. The molecule has 3 atom stereocenters. The summed E-state index contributed by atoms with van der Waals surface area (Å²) in [5.74, 6) is 0.204. The number of hydrogen-bond donors (Lipinski definition) is 2. The summed E-state index contributed by atoms with van der Waals surface area (Å²) >= 11 is 0. The van der Waals surface area contributed by atoms with Crippen LogP contribution in [0.25, 0.3) is 0 Å². The molecule has 0 aromatic carbocycles. The Bertz CT molecular complexity index is 481. The van der Waals surface area contributed by atoms with Crippen molar-refractivity contribution in [2.24, 2.45) is 5.92 Å². The van der Waals surface area contributed by atoms with Crippen molar-refractivity contribution in [3.05, 3.63) is 11.1 Å². The summed E-state index contributed by atoms with van der Waals surface area (Å²) in [4.78, 5) is 12.1. The van der Waals surface area contributed by atoms with E-state index >= 15 is 0 Å². The average Bonchev–Trinajstić information content (AvgIpc) is 2.87. The Labute approximate surface area is 128 Å². The van der Waals surface area contributed by atoms with Gasteiger partial charge in [0.25, 0.3) is 0 Å². The van der Waals surface area contributed by atoms with Crippen LogP contribution in [0.15, 0.2) is 11.1 Å². The second kappa shape index (κ2) is 6.28. The predicted molar refractivity (Wildman–Crippen MR) is 81.9 cm³/mol. The van der Waals surface area contributed by atoms with Crippen LogP contribution in [0.1, 0.15) is 40.0 Å². The van der Waals surface area contributed by atoms with Crippen LogP contribution in [-0.2, 0) is 15.8 Å². The van der Waals surface area contributed by atoms with Crippen LogP contribution >= 0.6 is 0 Å². The summed E-state index contributed by atoms with van der Waals surface area (Å²) in [6.45, 7) is 6.35. The van der Waals surface area contributed by atoms with Crippen molar-refractivity contribution in [3.8, 4) is 0 Å². The Balaban J connectivity index is 2.37. The maximum atomic E-state index is 12.7. The molecule has 1 heterocycles. The van der Waals surface area contributed by atoms with E-state index in [-0.39, 0.29) is 35.7 Å². The Morgan fingerprint density at radius 1 is 1.29 bits per heavy atom. The Hall–Kier alpha value is -0.560. The highest BCUT2D eigenvalue weighted by molar-refractivity contribution is 7.84. The number of hydrogen-bond acceptors (Lipinski definition) is 4. The van der Waals surface area contributed by atoms with E-state index in [1.54, 1.807) is 0 Å². The Morgan fingerprint density at radius 2 is 1.95 bits per heavy atom. The highest BCUT2D eigenvalue weighted by Crippen LogP contribution is 2.43. The minimum Gasteiger partial charge on any atom is -0.396 e. The molecule has 0 saturated carbocycles. The van der Waals surface area contributed by atoms with Crippen molar-refractivity contribution in [1.82, 2.24) is 4.31 Å². The monoisotopic (exact) mass is 315 g/mol. The fraction of sp³-hybridized carbons (Fsp3) is 0.800. The summed E-state index contributed by atoms with van der Waals surface area (Å²) in [5, 5.41) is 18.5. The van der Waals surface area contributed by atoms with Gasteiger partial charge in [0.05, 0.1) is 4.75 Å². The molecule has 0 aromatic heterocycles. The summed E-state index contributed by atoms with van der Waals surface area (Å²) in [6.07, 6.45) is 1.29. The molecule has 5 nitrogen and oxygen atoms in total. The van der Waals surface area contributed by atoms with Crippen LogP contribution in [-0.4, -0.2) is 55.1 Å². The lowest BCUT2D eigenvalue weighted by Crippen LogP contribution is -2.41. The van der Waals surface area contributed by atoms with Gasteiger partial charge < -0.3 is 10.2 Å². The maximum Gasteiger partial charge on any atom is 0.159 e. The minimum absolute atomic E-state index is 0.000670. The van der Waals surface area contributed by atoms with Crippen LogP contribution in [0.5, 0.6) is 0 Å². The van der Waals surface area contributed by atoms with Crippen molar-refractivity contribution < 1.29 is 19.2 Å². The van der Waals surface area contributed by atoms with Crippen LogP contribution in [0.3, 0.4) is 0 Å². The van der Waals surface area contributed by atoms with Crippen molar-refractivity contribution >= 4 is 16.8 Å². The van der Waals surface area contributed by atoms with Gasteiger partial charge in [0.2, 0.25) is 0 Å². The van der Waals surface area contributed by atoms with E-state index in [1.165, 1.54) is 0 Å². The molecule has 2 rings (SSSR count). The molecule has 1 aliphatic heterocycles. The molecule has 0 spiro atoms. The van der Waals surface area contributed by atoms with E-state index in [0.717, 1.165) is 5.57 Å². The van der Waals surface area contributed by atoms with Gasteiger partial charge in [0, 0.05) is 38.1 Å². The number of aliphatic hydroxyl groups excluding tert-OH is 2. The first-order valence-electron chi connectivity index (χ1n) is 7.47. The Kier molecular flexibility index (Phi) is 5.03. The molecule has 120 valence electrons. The Morgan fingerprint density at radius 3 is 2.48 bits per heavy atom. The van der Waals surface area contributed by atoms with Gasteiger partial charge in [0.15, 0.2) is 5.78 Å². The minimum atomic E-state index is -1.17. The van der Waals surface area contributed by atoms with Crippen LogP contribution < -0.4 is 0 Å². The lowest BCUT2D eigenvalue weighted by molar-refractivity contribution is -0.115. The van der Waals surface area contributed by atoms with Crippen LogP contribution in [0, 0.1) is 5.92 Å². The molecule has 0 bridgehead atoms. The lowest BCUT2D eigenvalue weighted by Gasteiger charge is -2.30. The normalized spacial score (nSPS) is 28.3. The summed E-state index contributed by atoms with van der Waals surface area (Å²) < 4.78 is 14.3. The van der Waals surface area contributed by atoms with Crippen molar-refractivity contribution in [2.45, 2.75) is 50.8 Å². The SMILES string of the molecule is CC(C)(C)S(=O)N1C[C@@H]2CC(=O)C(CCO)=C2[C@H]1CCO. The van der Waals surface area contributed by atoms with Crippen LogP contribution in [0.4, 0.5) is 0 Å². The number of carbonyl (C=O) groups is 1. The van der Waals surface area contributed by atoms with Gasteiger partial charge in [-0.3, -0.25) is 4.79 Å². The molecular weight excluding hydrogens is 290 g/mol. The summed E-state index contributed by atoms with van der Waals surface area (Å²) in [7, 11) is -1.17. The molecule has 0 amide bonds. The van der Waals surface area contributed by atoms with E-state index in [4.69, 9.17) is 0 Å².